The minimum absolute atomic E-state index is 0.0658. The highest BCUT2D eigenvalue weighted by Crippen LogP contribution is 2.26. The highest BCUT2D eigenvalue weighted by Gasteiger charge is 2.17. The lowest BCUT2D eigenvalue weighted by Crippen LogP contribution is -2.34. The minimum Gasteiger partial charge on any atom is -0.371 e. The van der Waals surface area contributed by atoms with Gasteiger partial charge in [0.1, 0.15) is 5.82 Å². The van der Waals surface area contributed by atoms with Crippen molar-refractivity contribution in [2.45, 2.75) is 38.5 Å². The Labute approximate surface area is 182 Å². The normalized spacial score (nSPS) is 17.8. The first-order chi connectivity index (χ1) is 13.9. The molecule has 3 rings (SSSR count). The summed E-state index contributed by atoms with van der Waals surface area (Å²) in [4.78, 5) is 14.7. The molecule has 3 nitrogen and oxygen atoms in total. The molecule has 2 atom stereocenters. The second-order valence-electron chi connectivity index (χ2n) is 7.77. The van der Waals surface area contributed by atoms with Crippen LogP contribution in [0.2, 0.25) is 5.02 Å². The summed E-state index contributed by atoms with van der Waals surface area (Å²) < 4.78 is 13.8. The van der Waals surface area contributed by atoms with Gasteiger partial charge in [-0.2, -0.15) is 0 Å². The molecule has 2 aromatic carbocycles. The first-order valence-electron chi connectivity index (χ1n) is 10.1. The zero-order valence-corrected chi connectivity index (χ0v) is 18.5. The second kappa shape index (κ2) is 10.4. The van der Waals surface area contributed by atoms with Crippen LogP contribution in [0.15, 0.2) is 42.5 Å². The molecule has 0 radical (unpaired) electrons. The van der Waals surface area contributed by atoms with E-state index in [-0.39, 0.29) is 23.5 Å². The molecule has 0 spiro atoms. The maximum atomic E-state index is 13.8. The van der Waals surface area contributed by atoms with Crippen molar-refractivity contribution in [3.63, 3.8) is 0 Å². The predicted octanol–water partition coefficient (Wildman–Crippen LogP) is 5.83. The average Bonchev–Trinajstić information content (AvgIpc) is 2.70. The van der Waals surface area contributed by atoms with Gasteiger partial charge in [0, 0.05) is 35.1 Å². The van der Waals surface area contributed by atoms with Crippen LogP contribution < -0.4 is 10.2 Å². The van der Waals surface area contributed by atoms with E-state index < -0.39 is 0 Å². The largest absolute Gasteiger partial charge is 0.371 e. The Bertz CT molecular complexity index is 810. The monoisotopic (exact) mass is 434 g/mol. The molecule has 156 valence electrons. The lowest BCUT2D eigenvalue weighted by molar-refractivity contribution is -0.119. The van der Waals surface area contributed by atoms with Crippen molar-refractivity contribution in [2.24, 2.45) is 5.92 Å². The molecule has 0 aromatic heterocycles. The van der Waals surface area contributed by atoms with Crippen LogP contribution in [0, 0.1) is 11.7 Å². The van der Waals surface area contributed by atoms with Crippen molar-refractivity contribution in [2.75, 3.05) is 23.7 Å². The number of piperidine rings is 1. The fourth-order valence-electron chi connectivity index (χ4n) is 3.68. The molecule has 0 bridgehead atoms. The van der Waals surface area contributed by atoms with Crippen LogP contribution in [0.25, 0.3) is 0 Å². The number of hydrogen-bond donors (Lipinski definition) is 1. The molecule has 1 aliphatic rings. The number of thioether (sulfide) groups is 1. The Kier molecular flexibility index (Phi) is 7.84. The van der Waals surface area contributed by atoms with Gasteiger partial charge in [0.25, 0.3) is 0 Å². The fraction of sp³-hybridized carbons (Fsp3) is 0.435. The standard InChI is InChI=1S/C23H28ClFN2OS/c1-16-5-4-12-27(13-16)19-10-8-18(9-11-19)17(2)26-23(28)15-29-14-20-21(24)6-3-7-22(20)25/h3,6-11,16-17H,4-5,12-15H2,1-2H3,(H,26,28)/t16-,17-/m0/s1. The first kappa shape index (κ1) is 22.0. The van der Waals surface area contributed by atoms with E-state index in [2.05, 4.69) is 41.4 Å². The number of carbonyl (C=O) groups excluding carboxylic acids is 1. The topological polar surface area (TPSA) is 32.3 Å². The van der Waals surface area contributed by atoms with E-state index in [0.29, 0.717) is 16.3 Å². The second-order valence-corrected chi connectivity index (χ2v) is 9.16. The number of anilines is 1. The molecule has 0 aliphatic carbocycles. The quantitative estimate of drug-likeness (QED) is 0.595. The number of rotatable bonds is 7. The molecule has 6 heteroatoms. The molecule has 1 fully saturated rings. The summed E-state index contributed by atoms with van der Waals surface area (Å²) in [6.07, 6.45) is 2.55. The van der Waals surface area contributed by atoms with Gasteiger partial charge in [-0.05, 0) is 55.5 Å². The molecule has 0 unspecified atom stereocenters. The van der Waals surface area contributed by atoms with Crippen molar-refractivity contribution in [3.05, 3.63) is 64.4 Å². The molecular formula is C23H28ClFN2OS. The van der Waals surface area contributed by atoms with Crippen LogP contribution in [0.3, 0.4) is 0 Å². The van der Waals surface area contributed by atoms with Crippen LogP contribution in [0.4, 0.5) is 10.1 Å². The number of amides is 1. The summed E-state index contributed by atoms with van der Waals surface area (Å²) in [7, 11) is 0. The smallest absolute Gasteiger partial charge is 0.230 e. The van der Waals surface area contributed by atoms with Gasteiger partial charge in [-0.1, -0.05) is 36.7 Å². The Morgan fingerprint density at radius 1 is 1.31 bits per heavy atom. The third-order valence-electron chi connectivity index (χ3n) is 5.33. The van der Waals surface area contributed by atoms with Crippen molar-refractivity contribution < 1.29 is 9.18 Å². The van der Waals surface area contributed by atoms with Crippen LogP contribution in [-0.4, -0.2) is 24.7 Å². The van der Waals surface area contributed by atoms with Crippen molar-refractivity contribution in [1.82, 2.24) is 5.32 Å². The summed E-state index contributed by atoms with van der Waals surface area (Å²) >= 11 is 7.39. The van der Waals surface area contributed by atoms with Crippen molar-refractivity contribution in [3.8, 4) is 0 Å². The summed E-state index contributed by atoms with van der Waals surface area (Å²) in [5.41, 5.74) is 2.77. The molecular weight excluding hydrogens is 407 g/mol. The number of benzene rings is 2. The van der Waals surface area contributed by atoms with E-state index in [1.165, 1.54) is 36.4 Å². The highest BCUT2D eigenvalue weighted by molar-refractivity contribution is 7.99. The number of nitrogens with zero attached hydrogens (tertiary/aromatic N) is 1. The van der Waals surface area contributed by atoms with Crippen LogP contribution in [0.1, 0.15) is 43.9 Å². The molecule has 1 amide bonds. The molecule has 1 saturated heterocycles. The highest BCUT2D eigenvalue weighted by atomic mass is 35.5. The van der Waals surface area contributed by atoms with Gasteiger partial charge < -0.3 is 10.2 Å². The zero-order valence-electron chi connectivity index (χ0n) is 17.0. The Hall–Kier alpha value is -1.72. The van der Waals surface area contributed by atoms with E-state index in [0.717, 1.165) is 24.6 Å². The summed E-state index contributed by atoms with van der Waals surface area (Å²) in [6.45, 7) is 6.50. The first-order valence-corrected chi connectivity index (χ1v) is 11.6. The van der Waals surface area contributed by atoms with E-state index in [9.17, 15) is 9.18 Å². The van der Waals surface area contributed by atoms with Crippen LogP contribution in [-0.2, 0) is 10.5 Å². The van der Waals surface area contributed by atoms with Gasteiger partial charge in [0.05, 0.1) is 11.8 Å². The zero-order chi connectivity index (χ0) is 20.8. The third kappa shape index (κ3) is 6.13. The van der Waals surface area contributed by atoms with E-state index in [1.807, 2.05) is 6.92 Å². The van der Waals surface area contributed by atoms with Gasteiger partial charge in [-0.3, -0.25) is 4.79 Å². The Morgan fingerprint density at radius 3 is 2.76 bits per heavy atom. The van der Waals surface area contributed by atoms with E-state index in [1.54, 1.807) is 12.1 Å². The van der Waals surface area contributed by atoms with Crippen molar-refractivity contribution in [1.29, 1.82) is 0 Å². The van der Waals surface area contributed by atoms with Crippen LogP contribution in [0.5, 0.6) is 0 Å². The fourth-order valence-corrected chi connectivity index (χ4v) is 4.86. The Balaban J connectivity index is 1.48. The van der Waals surface area contributed by atoms with Crippen molar-refractivity contribution >= 4 is 35.0 Å². The van der Waals surface area contributed by atoms with E-state index in [4.69, 9.17) is 11.6 Å². The van der Waals surface area contributed by atoms with E-state index >= 15 is 0 Å². The number of carbonyl (C=O) groups is 1. The molecule has 2 aromatic rings. The maximum Gasteiger partial charge on any atom is 0.230 e. The number of nitrogens with one attached hydrogen (secondary N) is 1. The van der Waals surface area contributed by atoms with Gasteiger partial charge in [-0.25, -0.2) is 4.39 Å². The lowest BCUT2D eigenvalue weighted by Gasteiger charge is -2.33. The van der Waals surface area contributed by atoms with Crippen LogP contribution >= 0.6 is 23.4 Å². The summed E-state index contributed by atoms with van der Waals surface area (Å²) in [5, 5.41) is 3.42. The maximum absolute atomic E-state index is 13.8. The molecule has 1 heterocycles. The summed E-state index contributed by atoms with van der Waals surface area (Å²) in [6, 6.07) is 13.0. The predicted molar refractivity (Wildman–Crippen MR) is 121 cm³/mol. The molecule has 0 saturated carbocycles. The van der Waals surface area contributed by atoms with Gasteiger partial charge in [0.2, 0.25) is 5.91 Å². The van der Waals surface area contributed by atoms with Gasteiger partial charge in [0.15, 0.2) is 0 Å². The lowest BCUT2D eigenvalue weighted by atomic mass is 9.99. The average molecular weight is 435 g/mol. The van der Waals surface area contributed by atoms with Gasteiger partial charge >= 0.3 is 0 Å². The minimum atomic E-state index is -0.332. The third-order valence-corrected chi connectivity index (χ3v) is 6.65. The number of hydrogen-bond acceptors (Lipinski definition) is 3. The Morgan fingerprint density at radius 2 is 2.07 bits per heavy atom. The molecule has 29 heavy (non-hydrogen) atoms. The molecule has 1 aliphatic heterocycles. The van der Waals surface area contributed by atoms with Gasteiger partial charge in [-0.15, -0.1) is 11.8 Å². The summed E-state index contributed by atoms with van der Waals surface area (Å²) in [5.74, 6) is 0.971. The molecule has 1 N–H and O–H groups in total. The SMILES string of the molecule is C[C@H]1CCCN(c2ccc([C@H](C)NC(=O)CSCc3c(F)cccc3Cl)cc2)C1. The number of halogens is 2.